The van der Waals surface area contributed by atoms with Crippen LogP contribution in [-0.2, 0) is 13.0 Å². The number of fused-ring (bicyclic) bond motifs is 1. The van der Waals surface area contributed by atoms with Crippen LogP contribution in [-0.4, -0.2) is 40.5 Å². The Morgan fingerprint density at radius 2 is 2.16 bits per heavy atom. The molecular weight excluding hydrogens is 318 g/mol. The van der Waals surface area contributed by atoms with Crippen molar-refractivity contribution in [2.75, 3.05) is 13.7 Å². The third-order valence-corrected chi connectivity index (χ3v) is 4.11. The Balaban J connectivity index is 2.01. The van der Waals surface area contributed by atoms with Crippen molar-refractivity contribution in [1.82, 2.24) is 14.9 Å². The third-order valence-electron chi connectivity index (χ3n) is 4.11. The Hall–Kier alpha value is -2.99. The Morgan fingerprint density at radius 3 is 2.88 bits per heavy atom. The highest BCUT2D eigenvalue weighted by molar-refractivity contribution is 5.93. The van der Waals surface area contributed by atoms with Gasteiger partial charge in [-0.15, -0.1) is 0 Å². The molecule has 3 rings (SSSR count). The largest absolute Gasteiger partial charge is 0.395 e. The smallest absolute Gasteiger partial charge is 0.269 e. The number of amides is 1. The summed E-state index contributed by atoms with van der Waals surface area (Å²) in [4.78, 5) is 27.4. The molecule has 0 radical (unpaired) electrons. The number of carbonyl (C=O) groups excluding carboxylic acids is 2. The van der Waals surface area contributed by atoms with Crippen LogP contribution in [0.1, 0.15) is 32.1 Å². The number of hydrogen-bond acceptors (Lipinski definition) is 4. The molecule has 6 nitrogen and oxygen atoms in total. The molecule has 2 heterocycles. The van der Waals surface area contributed by atoms with Crippen molar-refractivity contribution in [1.29, 1.82) is 0 Å². The van der Waals surface area contributed by atoms with E-state index in [0.717, 1.165) is 22.8 Å². The van der Waals surface area contributed by atoms with Gasteiger partial charge in [0, 0.05) is 48.4 Å². The maximum atomic E-state index is 11.9. The van der Waals surface area contributed by atoms with Gasteiger partial charge in [-0.1, -0.05) is 12.1 Å². The first-order valence-corrected chi connectivity index (χ1v) is 8.02. The zero-order valence-corrected chi connectivity index (χ0v) is 13.9. The van der Waals surface area contributed by atoms with E-state index in [1.54, 1.807) is 6.07 Å². The Kier molecular flexibility index (Phi) is 4.90. The first kappa shape index (κ1) is 16.9. The monoisotopic (exact) mass is 337 g/mol. The molecule has 1 amide bonds. The molecule has 0 fully saturated rings. The molecule has 2 aromatic heterocycles. The summed E-state index contributed by atoms with van der Waals surface area (Å²) in [5.41, 5.74) is 3.39. The molecule has 0 saturated heterocycles. The summed E-state index contributed by atoms with van der Waals surface area (Å²) in [6, 6.07) is 11.1. The molecule has 0 unspecified atom stereocenters. The van der Waals surface area contributed by atoms with E-state index in [2.05, 4.69) is 10.3 Å². The van der Waals surface area contributed by atoms with Crippen molar-refractivity contribution < 1.29 is 14.7 Å². The van der Waals surface area contributed by atoms with E-state index >= 15 is 0 Å². The molecule has 0 saturated carbocycles. The van der Waals surface area contributed by atoms with E-state index in [1.807, 2.05) is 35.0 Å². The SMILES string of the molecule is CNC(=O)c1cc(C=O)cc(Cc2cccc3c2ccn3CCO)n1. The van der Waals surface area contributed by atoms with Gasteiger partial charge >= 0.3 is 0 Å². The van der Waals surface area contributed by atoms with Crippen molar-refractivity contribution in [2.24, 2.45) is 0 Å². The molecule has 128 valence electrons. The molecule has 0 atom stereocenters. The molecule has 25 heavy (non-hydrogen) atoms. The van der Waals surface area contributed by atoms with Gasteiger partial charge in [0.25, 0.3) is 5.91 Å². The van der Waals surface area contributed by atoms with Crippen molar-refractivity contribution >= 4 is 23.1 Å². The lowest BCUT2D eigenvalue weighted by Crippen LogP contribution is -2.20. The fraction of sp³-hybridized carbons (Fsp3) is 0.211. The number of hydrogen-bond donors (Lipinski definition) is 2. The van der Waals surface area contributed by atoms with E-state index in [1.165, 1.54) is 13.1 Å². The maximum Gasteiger partial charge on any atom is 0.269 e. The average Bonchev–Trinajstić information content (AvgIpc) is 3.05. The number of pyridine rings is 1. The quantitative estimate of drug-likeness (QED) is 0.672. The first-order valence-electron chi connectivity index (χ1n) is 8.02. The van der Waals surface area contributed by atoms with Crippen molar-refractivity contribution in [3.8, 4) is 0 Å². The lowest BCUT2D eigenvalue weighted by Gasteiger charge is -2.08. The van der Waals surface area contributed by atoms with Crippen LogP contribution in [0.3, 0.4) is 0 Å². The van der Waals surface area contributed by atoms with Crippen LogP contribution in [0, 0.1) is 0 Å². The molecule has 3 aromatic rings. The summed E-state index contributed by atoms with van der Waals surface area (Å²) < 4.78 is 1.99. The predicted octanol–water partition coefficient (Wildman–Crippen LogP) is 1.79. The second kappa shape index (κ2) is 7.27. The zero-order valence-electron chi connectivity index (χ0n) is 13.9. The molecule has 0 aliphatic rings. The predicted molar refractivity (Wildman–Crippen MR) is 94.8 cm³/mol. The summed E-state index contributed by atoms with van der Waals surface area (Å²) in [6.07, 6.45) is 3.16. The fourth-order valence-electron chi connectivity index (χ4n) is 2.95. The van der Waals surface area contributed by atoms with Gasteiger partial charge in [0.05, 0.1) is 6.61 Å². The average molecular weight is 337 g/mol. The van der Waals surface area contributed by atoms with Crippen LogP contribution in [0.5, 0.6) is 0 Å². The summed E-state index contributed by atoms with van der Waals surface area (Å²) in [5, 5.41) is 12.8. The Bertz CT molecular complexity index is 931. The molecule has 2 N–H and O–H groups in total. The highest BCUT2D eigenvalue weighted by atomic mass is 16.3. The molecular formula is C19H19N3O3. The standard InChI is InChI=1S/C19H19N3O3/c1-20-19(25)17-10-13(12-24)9-15(21-17)11-14-3-2-4-18-16(14)5-6-22(18)7-8-23/h2-6,9-10,12,23H,7-8,11H2,1H3,(H,20,25). The van der Waals surface area contributed by atoms with E-state index in [4.69, 9.17) is 5.11 Å². The summed E-state index contributed by atoms with van der Waals surface area (Å²) in [5.74, 6) is -0.322. The lowest BCUT2D eigenvalue weighted by molar-refractivity contribution is 0.0958. The van der Waals surface area contributed by atoms with Gasteiger partial charge in [0.15, 0.2) is 0 Å². The Morgan fingerprint density at radius 1 is 1.32 bits per heavy atom. The van der Waals surface area contributed by atoms with Gasteiger partial charge in [-0.2, -0.15) is 0 Å². The highest BCUT2D eigenvalue weighted by Gasteiger charge is 2.11. The number of nitrogens with zero attached hydrogens (tertiary/aromatic N) is 2. The third kappa shape index (κ3) is 3.44. The van der Waals surface area contributed by atoms with Crippen LogP contribution in [0.25, 0.3) is 10.9 Å². The van der Waals surface area contributed by atoms with Crippen LogP contribution in [0.4, 0.5) is 0 Å². The number of rotatable bonds is 6. The minimum Gasteiger partial charge on any atom is -0.395 e. The van der Waals surface area contributed by atoms with Crippen molar-refractivity contribution in [3.63, 3.8) is 0 Å². The van der Waals surface area contributed by atoms with Gasteiger partial charge in [0.2, 0.25) is 0 Å². The fourth-order valence-corrected chi connectivity index (χ4v) is 2.95. The molecule has 0 bridgehead atoms. The minimum absolute atomic E-state index is 0.0758. The lowest BCUT2D eigenvalue weighted by atomic mass is 10.0. The minimum atomic E-state index is -0.322. The van der Waals surface area contributed by atoms with E-state index in [0.29, 0.717) is 24.2 Å². The van der Waals surface area contributed by atoms with Gasteiger partial charge in [0.1, 0.15) is 12.0 Å². The number of nitrogens with one attached hydrogen (secondary N) is 1. The number of benzene rings is 1. The normalized spacial score (nSPS) is 10.8. The van der Waals surface area contributed by atoms with Gasteiger partial charge in [-0.25, -0.2) is 4.98 Å². The van der Waals surface area contributed by atoms with Crippen molar-refractivity contribution in [3.05, 3.63) is 65.1 Å². The van der Waals surface area contributed by atoms with Crippen LogP contribution in [0.2, 0.25) is 0 Å². The first-order chi connectivity index (χ1) is 12.2. The number of aliphatic hydroxyl groups is 1. The number of aromatic nitrogens is 2. The molecule has 1 aromatic carbocycles. The van der Waals surface area contributed by atoms with Crippen LogP contribution < -0.4 is 5.32 Å². The topological polar surface area (TPSA) is 84.2 Å². The molecule has 0 spiro atoms. The second-order valence-electron chi connectivity index (χ2n) is 5.73. The summed E-state index contributed by atoms with van der Waals surface area (Å²) in [6.45, 7) is 0.610. The van der Waals surface area contributed by atoms with Gasteiger partial charge in [-0.3, -0.25) is 9.59 Å². The maximum absolute atomic E-state index is 11.9. The summed E-state index contributed by atoms with van der Waals surface area (Å²) in [7, 11) is 1.53. The number of aldehydes is 1. The van der Waals surface area contributed by atoms with Crippen molar-refractivity contribution in [2.45, 2.75) is 13.0 Å². The molecule has 0 aliphatic heterocycles. The van der Waals surface area contributed by atoms with Crippen LogP contribution in [0.15, 0.2) is 42.6 Å². The van der Waals surface area contributed by atoms with E-state index in [9.17, 15) is 9.59 Å². The molecule has 0 aliphatic carbocycles. The molecule has 6 heteroatoms. The zero-order chi connectivity index (χ0) is 17.8. The van der Waals surface area contributed by atoms with Gasteiger partial charge < -0.3 is 15.0 Å². The van der Waals surface area contributed by atoms with Crippen LogP contribution >= 0.6 is 0 Å². The number of aliphatic hydroxyl groups excluding tert-OH is 1. The second-order valence-corrected chi connectivity index (χ2v) is 5.73. The summed E-state index contributed by atoms with van der Waals surface area (Å²) >= 11 is 0. The van der Waals surface area contributed by atoms with Gasteiger partial charge in [-0.05, 0) is 29.8 Å². The van der Waals surface area contributed by atoms with E-state index in [-0.39, 0.29) is 18.2 Å². The highest BCUT2D eigenvalue weighted by Crippen LogP contribution is 2.23. The Labute approximate surface area is 145 Å². The van der Waals surface area contributed by atoms with E-state index < -0.39 is 0 Å². The number of carbonyl (C=O) groups is 2.